The summed E-state index contributed by atoms with van der Waals surface area (Å²) < 4.78 is 29.8. The van der Waals surface area contributed by atoms with Crippen LogP contribution in [0.15, 0.2) is 62.5 Å². The molecule has 0 atom stereocenters. The number of anilines is 1. The minimum atomic E-state index is -3.72. The van der Waals surface area contributed by atoms with Gasteiger partial charge in [-0.3, -0.25) is 0 Å². The third-order valence-corrected chi connectivity index (χ3v) is 8.42. The van der Waals surface area contributed by atoms with Crippen molar-refractivity contribution < 1.29 is 8.42 Å². The Hall–Kier alpha value is -1.35. The molecule has 5 nitrogen and oxygen atoms in total. The van der Waals surface area contributed by atoms with Crippen molar-refractivity contribution >= 4 is 58.5 Å². The number of nitrogens with zero attached hydrogens (tertiary/aromatic N) is 3. The minimum absolute atomic E-state index is 0.261. The Morgan fingerprint density at radius 2 is 1.71 bits per heavy atom. The largest absolute Gasteiger partial charge is 0.367 e. The van der Waals surface area contributed by atoms with Crippen LogP contribution < -0.4 is 4.90 Å². The van der Waals surface area contributed by atoms with E-state index < -0.39 is 10.0 Å². The molecule has 2 aromatic carbocycles. The van der Waals surface area contributed by atoms with E-state index in [1.54, 1.807) is 24.4 Å². The summed E-state index contributed by atoms with van der Waals surface area (Å²) in [7, 11) is -3.72. The van der Waals surface area contributed by atoms with Crippen molar-refractivity contribution in [3.63, 3.8) is 0 Å². The first-order chi connectivity index (χ1) is 13.4. The van der Waals surface area contributed by atoms with E-state index in [1.807, 2.05) is 24.3 Å². The molecule has 0 N–H and O–H groups in total. The third kappa shape index (κ3) is 3.51. The first-order valence-corrected chi connectivity index (χ1v) is 12.2. The van der Waals surface area contributed by atoms with E-state index in [1.165, 1.54) is 3.97 Å². The highest BCUT2D eigenvalue weighted by atomic mass is 79.9. The molecule has 0 bridgehead atoms. The monoisotopic (exact) mass is 525 g/mol. The van der Waals surface area contributed by atoms with Gasteiger partial charge in [0.1, 0.15) is 4.90 Å². The molecule has 0 unspecified atom stereocenters. The van der Waals surface area contributed by atoms with Crippen LogP contribution in [0.25, 0.3) is 10.9 Å². The fourth-order valence-electron chi connectivity index (χ4n) is 3.67. The molecule has 1 saturated heterocycles. The third-order valence-electron chi connectivity index (χ3n) is 5.25. The fourth-order valence-corrected chi connectivity index (χ4v) is 6.36. The van der Waals surface area contributed by atoms with Crippen LogP contribution in [0.3, 0.4) is 0 Å². The molecule has 8 heteroatoms. The van der Waals surface area contributed by atoms with Crippen molar-refractivity contribution in [2.24, 2.45) is 0 Å². The van der Waals surface area contributed by atoms with Gasteiger partial charge in [-0.15, -0.1) is 0 Å². The van der Waals surface area contributed by atoms with Crippen molar-refractivity contribution in [1.29, 1.82) is 0 Å². The average molecular weight is 527 g/mol. The molecule has 148 valence electrons. The predicted octanol–water partition coefficient (Wildman–Crippen LogP) is 4.55. The summed E-state index contributed by atoms with van der Waals surface area (Å²) in [6.45, 7) is 6.94. The number of piperazine rings is 1. The fraction of sp³-hybridized carbons (Fsp3) is 0.300. The van der Waals surface area contributed by atoms with Crippen LogP contribution in [0.2, 0.25) is 0 Å². The van der Waals surface area contributed by atoms with Gasteiger partial charge < -0.3 is 9.80 Å². The molecular weight excluding hydrogens is 506 g/mol. The van der Waals surface area contributed by atoms with Gasteiger partial charge in [0.05, 0.1) is 11.2 Å². The van der Waals surface area contributed by atoms with Crippen molar-refractivity contribution in [1.82, 2.24) is 8.87 Å². The maximum absolute atomic E-state index is 13.4. The Balaban J connectivity index is 1.86. The molecule has 4 rings (SSSR count). The molecule has 0 aliphatic carbocycles. The highest BCUT2D eigenvalue weighted by Gasteiger charge is 2.26. The Bertz CT molecular complexity index is 1120. The molecule has 0 saturated carbocycles. The molecule has 2 heterocycles. The number of hydrogen-bond donors (Lipinski definition) is 0. The van der Waals surface area contributed by atoms with Gasteiger partial charge >= 0.3 is 0 Å². The number of benzene rings is 2. The zero-order chi connectivity index (χ0) is 19.9. The number of likely N-dealkylation sites (N-methyl/N-ethyl adjacent to an activating group) is 1. The number of aromatic nitrogens is 1. The summed E-state index contributed by atoms with van der Waals surface area (Å²) in [5.41, 5.74) is 1.65. The van der Waals surface area contributed by atoms with Crippen molar-refractivity contribution in [2.75, 3.05) is 37.6 Å². The number of halogens is 2. The second kappa shape index (κ2) is 7.82. The van der Waals surface area contributed by atoms with E-state index in [-0.39, 0.29) is 4.90 Å². The molecule has 0 spiro atoms. The zero-order valence-electron chi connectivity index (χ0n) is 15.5. The first-order valence-electron chi connectivity index (χ1n) is 9.20. The summed E-state index contributed by atoms with van der Waals surface area (Å²) in [6, 6.07) is 12.7. The van der Waals surface area contributed by atoms with Gasteiger partial charge in [-0.2, -0.15) is 0 Å². The van der Waals surface area contributed by atoms with Gasteiger partial charge in [0.2, 0.25) is 0 Å². The van der Waals surface area contributed by atoms with Gasteiger partial charge in [-0.25, -0.2) is 12.4 Å². The van der Waals surface area contributed by atoms with Gasteiger partial charge in [0, 0.05) is 46.7 Å². The quantitative estimate of drug-likeness (QED) is 0.500. The summed E-state index contributed by atoms with van der Waals surface area (Å²) in [5, 5.41) is 0.940. The van der Waals surface area contributed by atoms with Crippen molar-refractivity contribution in [3.8, 4) is 0 Å². The van der Waals surface area contributed by atoms with Crippen LogP contribution in [-0.4, -0.2) is 50.0 Å². The summed E-state index contributed by atoms with van der Waals surface area (Å²) in [5.74, 6) is 0. The molecular formula is C20H21Br2N3O2S. The summed E-state index contributed by atoms with van der Waals surface area (Å²) in [4.78, 5) is 4.95. The van der Waals surface area contributed by atoms with Gasteiger partial charge in [0.25, 0.3) is 10.0 Å². The zero-order valence-corrected chi connectivity index (χ0v) is 19.5. The maximum atomic E-state index is 13.4. The second-order valence-corrected chi connectivity index (χ2v) is 10.4. The predicted molar refractivity (Wildman–Crippen MR) is 121 cm³/mol. The SMILES string of the molecule is CCN1CCN(c2cn(S(=O)(=O)c3ccccc3Br)c3ccc(Br)cc23)CC1. The minimum Gasteiger partial charge on any atom is -0.367 e. The summed E-state index contributed by atoms with van der Waals surface area (Å²) in [6.07, 6.45) is 1.77. The molecule has 1 aromatic heterocycles. The molecule has 28 heavy (non-hydrogen) atoms. The Kier molecular flexibility index (Phi) is 5.57. The lowest BCUT2D eigenvalue weighted by Crippen LogP contribution is -2.46. The van der Waals surface area contributed by atoms with Gasteiger partial charge in [-0.1, -0.05) is 35.0 Å². The highest BCUT2D eigenvalue weighted by molar-refractivity contribution is 9.10. The molecule has 1 aliphatic heterocycles. The normalized spacial score (nSPS) is 16.0. The van der Waals surface area contributed by atoms with Crippen molar-refractivity contribution in [2.45, 2.75) is 11.8 Å². The molecule has 0 amide bonds. The number of fused-ring (bicyclic) bond motifs is 1. The molecule has 3 aromatic rings. The molecule has 1 fully saturated rings. The number of rotatable bonds is 4. The van der Waals surface area contributed by atoms with Crippen molar-refractivity contribution in [3.05, 3.63) is 57.6 Å². The van der Waals surface area contributed by atoms with Gasteiger partial charge in [0.15, 0.2) is 0 Å². The lowest BCUT2D eigenvalue weighted by Gasteiger charge is -2.35. The number of hydrogen-bond acceptors (Lipinski definition) is 4. The summed E-state index contributed by atoms with van der Waals surface area (Å²) >= 11 is 6.92. The van der Waals surface area contributed by atoms with E-state index >= 15 is 0 Å². The van der Waals surface area contributed by atoms with Crippen LogP contribution in [0, 0.1) is 0 Å². The standard InChI is InChI=1S/C20H21Br2N3O2S/c1-2-23-9-11-24(12-10-23)19-14-25(18-8-7-15(21)13-16(18)19)28(26,27)20-6-4-3-5-17(20)22/h3-8,13-14H,2,9-12H2,1H3. The van der Waals surface area contributed by atoms with E-state index in [2.05, 4.69) is 48.6 Å². The van der Waals surface area contributed by atoms with E-state index in [4.69, 9.17) is 0 Å². The highest BCUT2D eigenvalue weighted by Crippen LogP contribution is 2.35. The van der Waals surface area contributed by atoms with E-state index in [0.717, 1.165) is 48.3 Å². The molecule has 1 aliphatic rings. The average Bonchev–Trinajstić information content (AvgIpc) is 3.07. The van der Waals surface area contributed by atoms with Crippen LogP contribution in [0.1, 0.15) is 6.92 Å². The van der Waals surface area contributed by atoms with Gasteiger partial charge in [-0.05, 0) is 52.8 Å². The van der Waals surface area contributed by atoms with Crippen LogP contribution in [0.5, 0.6) is 0 Å². The van der Waals surface area contributed by atoms with Crippen LogP contribution in [-0.2, 0) is 10.0 Å². The maximum Gasteiger partial charge on any atom is 0.269 e. The van der Waals surface area contributed by atoms with Crippen LogP contribution in [0.4, 0.5) is 5.69 Å². The Morgan fingerprint density at radius 1 is 1.00 bits per heavy atom. The lowest BCUT2D eigenvalue weighted by molar-refractivity contribution is 0.271. The second-order valence-electron chi connectivity index (χ2n) is 6.83. The van der Waals surface area contributed by atoms with E-state index in [9.17, 15) is 8.42 Å². The van der Waals surface area contributed by atoms with Crippen LogP contribution >= 0.6 is 31.9 Å². The topological polar surface area (TPSA) is 45.5 Å². The van der Waals surface area contributed by atoms with E-state index in [0.29, 0.717) is 9.99 Å². The first kappa shape index (κ1) is 19.9. The smallest absolute Gasteiger partial charge is 0.269 e. The lowest BCUT2D eigenvalue weighted by atomic mass is 10.2. The Labute approximate surface area is 182 Å². The Morgan fingerprint density at radius 3 is 2.39 bits per heavy atom. The molecule has 0 radical (unpaired) electrons.